The Hall–Kier alpha value is -2.84. The molecule has 0 radical (unpaired) electrons. The fraction of sp³-hybridized carbons (Fsp3) is 0.357. The van der Waals surface area contributed by atoms with Gasteiger partial charge in [-0.05, 0) is 64.1 Å². The third-order valence-corrected chi connectivity index (χ3v) is 6.48. The molecule has 0 aliphatic heterocycles. The third kappa shape index (κ3) is 12.2. The first-order valence-corrected chi connectivity index (χ1v) is 13.4. The standard InChI is InChI=1S/C28H34O6S2/c1-21-11-15-25(16-12-21)35-33-23(3)27(29)31-19-9-7-5-6-8-10-20-32-28(30)24(4)34-36-26-17-13-22(2)14-18-26/h11-18H,3-10,19-20H2,1-2H3. The summed E-state index contributed by atoms with van der Waals surface area (Å²) in [5, 5.41) is 0. The maximum absolute atomic E-state index is 11.9. The van der Waals surface area contributed by atoms with Crippen LogP contribution in [0.15, 0.2) is 83.0 Å². The van der Waals surface area contributed by atoms with Crippen LogP contribution in [0.2, 0.25) is 0 Å². The van der Waals surface area contributed by atoms with Gasteiger partial charge < -0.3 is 17.8 Å². The maximum Gasteiger partial charge on any atom is 0.374 e. The van der Waals surface area contributed by atoms with Gasteiger partial charge in [0.15, 0.2) is 0 Å². The summed E-state index contributed by atoms with van der Waals surface area (Å²) in [5.74, 6) is -1.12. The van der Waals surface area contributed by atoms with Gasteiger partial charge in [0.05, 0.1) is 37.3 Å². The number of unbranched alkanes of at least 4 members (excludes halogenated alkanes) is 5. The molecule has 2 rings (SSSR count). The summed E-state index contributed by atoms with van der Waals surface area (Å²) in [4.78, 5) is 25.6. The lowest BCUT2D eigenvalue weighted by Gasteiger charge is -2.08. The van der Waals surface area contributed by atoms with Crippen molar-refractivity contribution >= 4 is 36.0 Å². The quantitative estimate of drug-likeness (QED) is 0.0684. The summed E-state index contributed by atoms with van der Waals surface area (Å²) in [7, 11) is 0. The molecule has 0 fully saturated rings. The molecule has 2 aromatic rings. The molecule has 36 heavy (non-hydrogen) atoms. The van der Waals surface area contributed by atoms with E-state index < -0.39 is 11.9 Å². The monoisotopic (exact) mass is 530 g/mol. The van der Waals surface area contributed by atoms with Crippen LogP contribution in [0, 0.1) is 13.8 Å². The summed E-state index contributed by atoms with van der Waals surface area (Å²) in [6.07, 6.45) is 5.45. The highest BCUT2D eigenvalue weighted by Crippen LogP contribution is 2.23. The first-order valence-electron chi connectivity index (χ1n) is 11.9. The number of carbonyl (C=O) groups excluding carboxylic acids is 2. The second-order valence-electron chi connectivity index (χ2n) is 8.20. The number of esters is 2. The van der Waals surface area contributed by atoms with Crippen LogP contribution in [0.3, 0.4) is 0 Å². The Morgan fingerprint density at radius 1 is 0.611 bits per heavy atom. The molecule has 0 aliphatic rings. The van der Waals surface area contributed by atoms with Crippen molar-refractivity contribution in [1.29, 1.82) is 0 Å². The normalized spacial score (nSPS) is 10.4. The highest BCUT2D eigenvalue weighted by molar-refractivity contribution is 7.95. The zero-order valence-corrected chi connectivity index (χ0v) is 22.6. The van der Waals surface area contributed by atoms with Crippen LogP contribution in [0.4, 0.5) is 0 Å². The van der Waals surface area contributed by atoms with Crippen molar-refractivity contribution in [3.63, 3.8) is 0 Å². The predicted octanol–water partition coefficient (Wildman–Crippen LogP) is 7.51. The van der Waals surface area contributed by atoms with Gasteiger partial charge in [-0.3, -0.25) is 0 Å². The van der Waals surface area contributed by atoms with Gasteiger partial charge >= 0.3 is 11.9 Å². The minimum absolute atomic E-state index is 0.0167. The Balaban J connectivity index is 1.41. The van der Waals surface area contributed by atoms with Crippen LogP contribution in [-0.4, -0.2) is 25.2 Å². The SMILES string of the molecule is C=C(OSc1ccc(C)cc1)C(=O)OCCCCCCCCOC(=O)C(=C)OSc1ccc(C)cc1. The van der Waals surface area contributed by atoms with E-state index in [2.05, 4.69) is 13.2 Å². The Bertz CT molecular complexity index is 905. The van der Waals surface area contributed by atoms with E-state index in [4.69, 9.17) is 17.8 Å². The van der Waals surface area contributed by atoms with E-state index in [1.54, 1.807) is 0 Å². The van der Waals surface area contributed by atoms with Gasteiger partial charge in [0.1, 0.15) is 0 Å². The molecule has 6 nitrogen and oxygen atoms in total. The number of hydrogen-bond donors (Lipinski definition) is 0. The number of rotatable bonds is 17. The molecule has 0 bridgehead atoms. The Labute approximate surface area is 222 Å². The number of carbonyl (C=O) groups is 2. The van der Waals surface area contributed by atoms with Gasteiger partial charge in [0.25, 0.3) is 0 Å². The molecule has 2 aromatic carbocycles. The lowest BCUT2D eigenvalue weighted by Crippen LogP contribution is -2.09. The van der Waals surface area contributed by atoms with E-state index in [9.17, 15) is 9.59 Å². The van der Waals surface area contributed by atoms with Crippen molar-refractivity contribution in [2.75, 3.05) is 13.2 Å². The van der Waals surface area contributed by atoms with Gasteiger partial charge in [0.2, 0.25) is 11.5 Å². The smallest absolute Gasteiger partial charge is 0.374 e. The summed E-state index contributed by atoms with van der Waals surface area (Å²) in [6.45, 7) is 11.9. The van der Waals surface area contributed by atoms with E-state index in [1.165, 1.54) is 0 Å². The Kier molecular flexibility index (Phi) is 13.7. The van der Waals surface area contributed by atoms with Crippen molar-refractivity contribution in [3.05, 3.63) is 84.3 Å². The number of aryl methyl sites for hydroxylation is 2. The summed E-state index contributed by atoms with van der Waals surface area (Å²) in [6, 6.07) is 15.6. The summed E-state index contributed by atoms with van der Waals surface area (Å²) >= 11 is 2.17. The number of ether oxygens (including phenoxy) is 2. The van der Waals surface area contributed by atoms with Crippen LogP contribution < -0.4 is 0 Å². The van der Waals surface area contributed by atoms with Crippen molar-refractivity contribution in [2.24, 2.45) is 0 Å². The average molecular weight is 531 g/mol. The van der Waals surface area contributed by atoms with E-state index in [1.807, 2.05) is 62.4 Å². The molecule has 0 unspecified atom stereocenters. The lowest BCUT2D eigenvalue weighted by atomic mass is 10.1. The number of hydrogen-bond acceptors (Lipinski definition) is 8. The second-order valence-corrected chi connectivity index (χ2v) is 9.81. The minimum atomic E-state index is -0.542. The van der Waals surface area contributed by atoms with Gasteiger partial charge in [-0.15, -0.1) is 0 Å². The van der Waals surface area contributed by atoms with E-state index in [0.717, 1.165) is 83.5 Å². The zero-order valence-electron chi connectivity index (χ0n) is 21.0. The fourth-order valence-electron chi connectivity index (χ4n) is 2.85. The zero-order chi connectivity index (χ0) is 26.2. The molecule has 194 valence electrons. The maximum atomic E-state index is 11.9. The van der Waals surface area contributed by atoms with Gasteiger partial charge in [-0.25, -0.2) is 9.59 Å². The third-order valence-electron chi connectivity index (χ3n) is 4.98. The molecule has 0 saturated heterocycles. The van der Waals surface area contributed by atoms with Crippen molar-refractivity contribution in [3.8, 4) is 0 Å². The molecule has 0 saturated carbocycles. The van der Waals surface area contributed by atoms with E-state index in [0.29, 0.717) is 13.2 Å². The molecule has 8 heteroatoms. The van der Waals surface area contributed by atoms with Crippen molar-refractivity contribution < 1.29 is 27.4 Å². The largest absolute Gasteiger partial charge is 0.460 e. The summed E-state index contributed by atoms with van der Waals surface area (Å²) < 4.78 is 21.1. The first kappa shape index (κ1) is 29.4. The molecule has 0 aliphatic carbocycles. The highest BCUT2D eigenvalue weighted by atomic mass is 32.2. The van der Waals surface area contributed by atoms with Gasteiger partial charge in [-0.2, -0.15) is 0 Å². The van der Waals surface area contributed by atoms with Crippen LogP contribution in [-0.2, 0) is 27.4 Å². The summed E-state index contributed by atoms with van der Waals surface area (Å²) in [5.41, 5.74) is 2.31. The van der Waals surface area contributed by atoms with Gasteiger partial charge in [-0.1, -0.05) is 61.1 Å². The first-order chi connectivity index (χ1) is 17.3. The van der Waals surface area contributed by atoms with Gasteiger partial charge in [0, 0.05) is 9.79 Å². The molecule has 0 heterocycles. The lowest BCUT2D eigenvalue weighted by molar-refractivity contribution is -0.142. The molecule has 0 aromatic heterocycles. The van der Waals surface area contributed by atoms with Crippen LogP contribution >= 0.6 is 24.1 Å². The molecule has 0 amide bonds. The van der Waals surface area contributed by atoms with E-state index >= 15 is 0 Å². The van der Waals surface area contributed by atoms with Crippen LogP contribution in [0.5, 0.6) is 0 Å². The number of benzene rings is 2. The highest BCUT2D eigenvalue weighted by Gasteiger charge is 2.12. The fourth-order valence-corrected chi connectivity index (χ4v) is 3.88. The Morgan fingerprint density at radius 3 is 1.31 bits per heavy atom. The van der Waals surface area contributed by atoms with Crippen molar-refractivity contribution in [2.45, 2.75) is 62.2 Å². The molecule has 0 atom stereocenters. The minimum Gasteiger partial charge on any atom is -0.460 e. The van der Waals surface area contributed by atoms with Crippen molar-refractivity contribution in [1.82, 2.24) is 0 Å². The van der Waals surface area contributed by atoms with E-state index in [-0.39, 0.29) is 11.5 Å². The average Bonchev–Trinajstić information content (AvgIpc) is 2.88. The topological polar surface area (TPSA) is 71.1 Å². The van der Waals surface area contributed by atoms with Crippen LogP contribution in [0.25, 0.3) is 0 Å². The predicted molar refractivity (Wildman–Crippen MR) is 144 cm³/mol. The van der Waals surface area contributed by atoms with Crippen LogP contribution in [0.1, 0.15) is 49.7 Å². The second kappa shape index (κ2) is 16.8. The molecular formula is C28H34O6S2. The molecule has 0 N–H and O–H groups in total. The molecule has 0 spiro atoms. The Morgan fingerprint density at radius 2 is 0.944 bits per heavy atom. The molecular weight excluding hydrogens is 496 g/mol.